The molecule has 1 aromatic rings. The van der Waals surface area contributed by atoms with Crippen LogP contribution >= 0.6 is 0 Å². The van der Waals surface area contributed by atoms with E-state index in [0.717, 1.165) is 12.8 Å². The van der Waals surface area contributed by atoms with Gasteiger partial charge in [-0.05, 0) is 31.0 Å². The summed E-state index contributed by atoms with van der Waals surface area (Å²) in [5.41, 5.74) is 1.17. The van der Waals surface area contributed by atoms with Gasteiger partial charge in [0, 0.05) is 0 Å². The van der Waals surface area contributed by atoms with Crippen LogP contribution < -0.4 is 10.1 Å². The van der Waals surface area contributed by atoms with E-state index in [9.17, 15) is 4.79 Å². The van der Waals surface area contributed by atoms with Gasteiger partial charge in [-0.15, -0.1) is 0 Å². The lowest BCUT2D eigenvalue weighted by Gasteiger charge is -2.09. The Morgan fingerprint density at radius 3 is 2.83 bits per heavy atom. The third-order valence-electron chi connectivity index (χ3n) is 2.67. The van der Waals surface area contributed by atoms with Crippen LogP contribution in [0.1, 0.15) is 23.2 Å². The number of anilines is 1. The Kier molecular flexibility index (Phi) is 3.82. The van der Waals surface area contributed by atoms with Gasteiger partial charge in [0.15, 0.2) is 0 Å². The highest BCUT2D eigenvalue weighted by atomic mass is 16.5. The molecule has 96 valence electrons. The second kappa shape index (κ2) is 5.53. The van der Waals surface area contributed by atoms with Gasteiger partial charge in [-0.25, -0.2) is 4.79 Å². The highest BCUT2D eigenvalue weighted by Crippen LogP contribution is 2.26. The zero-order valence-corrected chi connectivity index (χ0v) is 10.5. The number of rotatable bonds is 5. The molecule has 5 nitrogen and oxygen atoms in total. The molecule has 1 aliphatic carbocycles. The van der Waals surface area contributed by atoms with Crippen LogP contribution in [0.3, 0.4) is 0 Å². The topological polar surface area (TPSA) is 59.9 Å². The Hall–Kier alpha value is -2.04. The summed E-state index contributed by atoms with van der Waals surface area (Å²) in [6.07, 6.45) is 3.95. The number of esters is 1. The van der Waals surface area contributed by atoms with E-state index in [2.05, 4.69) is 15.0 Å². The lowest BCUT2D eigenvalue weighted by Crippen LogP contribution is -2.04. The Morgan fingerprint density at radius 1 is 1.44 bits per heavy atom. The van der Waals surface area contributed by atoms with E-state index in [4.69, 9.17) is 4.74 Å². The Morgan fingerprint density at radius 2 is 2.22 bits per heavy atom. The second-order valence-electron chi connectivity index (χ2n) is 4.06. The number of hydrogen-bond donors (Lipinski definition) is 1. The molecule has 18 heavy (non-hydrogen) atoms. The van der Waals surface area contributed by atoms with Gasteiger partial charge in [0.1, 0.15) is 5.75 Å². The second-order valence-corrected chi connectivity index (χ2v) is 4.06. The fraction of sp³-hybridized carbons (Fsp3) is 0.385. The van der Waals surface area contributed by atoms with Crippen LogP contribution in [-0.4, -0.2) is 32.6 Å². The van der Waals surface area contributed by atoms with Crippen molar-refractivity contribution in [1.29, 1.82) is 0 Å². The summed E-state index contributed by atoms with van der Waals surface area (Å²) in [5.74, 6) is 0.282. The van der Waals surface area contributed by atoms with Gasteiger partial charge < -0.3 is 14.8 Å². The number of methoxy groups -OCH3 is 2. The molecule has 5 heteroatoms. The molecule has 0 radical (unpaired) electrons. The monoisotopic (exact) mass is 248 g/mol. The zero-order chi connectivity index (χ0) is 13.0. The number of nitrogens with zero attached hydrogens (tertiary/aromatic N) is 1. The van der Waals surface area contributed by atoms with E-state index >= 15 is 0 Å². The summed E-state index contributed by atoms with van der Waals surface area (Å²) in [7, 11) is 2.94. The molecule has 0 bridgehead atoms. The van der Waals surface area contributed by atoms with Gasteiger partial charge in [-0.2, -0.15) is 0 Å². The van der Waals surface area contributed by atoms with E-state index in [0.29, 0.717) is 23.0 Å². The van der Waals surface area contributed by atoms with Crippen molar-refractivity contribution in [1.82, 2.24) is 0 Å². The fourth-order valence-electron chi connectivity index (χ4n) is 1.50. The van der Waals surface area contributed by atoms with Crippen LogP contribution in [0, 0.1) is 0 Å². The van der Waals surface area contributed by atoms with Crippen molar-refractivity contribution in [2.45, 2.75) is 18.9 Å². The zero-order valence-electron chi connectivity index (χ0n) is 10.5. The summed E-state index contributed by atoms with van der Waals surface area (Å²) in [6.45, 7) is 0. The first-order valence-corrected chi connectivity index (χ1v) is 5.79. The lowest BCUT2D eigenvalue weighted by atomic mass is 10.2. The summed E-state index contributed by atoms with van der Waals surface area (Å²) in [4.78, 5) is 15.7. The maximum Gasteiger partial charge on any atom is 0.337 e. The van der Waals surface area contributed by atoms with Gasteiger partial charge in [0.05, 0.1) is 37.9 Å². The minimum atomic E-state index is -0.375. The summed E-state index contributed by atoms with van der Waals surface area (Å²) >= 11 is 0. The molecule has 1 aliphatic rings. The van der Waals surface area contributed by atoms with Crippen LogP contribution in [0.5, 0.6) is 5.75 Å². The molecule has 1 saturated carbocycles. The molecule has 0 unspecified atom stereocenters. The molecular weight excluding hydrogens is 232 g/mol. The van der Waals surface area contributed by atoms with Crippen molar-refractivity contribution >= 4 is 18.0 Å². The Labute approximate surface area is 106 Å². The van der Waals surface area contributed by atoms with Crippen molar-refractivity contribution in [2.75, 3.05) is 19.5 Å². The number of carbonyl (C=O) groups excluding carboxylic acids is 1. The predicted octanol–water partition coefficient (Wildman–Crippen LogP) is 2.08. The molecule has 1 aromatic carbocycles. The van der Waals surface area contributed by atoms with Crippen molar-refractivity contribution < 1.29 is 14.3 Å². The number of aliphatic imine (C=N–C) groups is 1. The summed E-state index contributed by atoms with van der Waals surface area (Å²) < 4.78 is 9.89. The van der Waals surface area contributed by atoms with Gasteiger partial charge in [0.25, 0.3) is 0 Å². The minimum absolute atomic E-state index is 0.375. The van der Waals surface area contributed by atoms with Crippen molar-refractivity contribution in [3.8, 4) is 5.75 Å². The van der Waals surface area contributed by atoms with E-state index in [-0.39, 0.29) is 5.97 Å². The SMILES string of the molecule is COC(=O)c1ccc(OC)c(NC=NC2CC2)c1. The van der Waals surface area contributed by atoms with Gasteiger partial charge in [0.2, 0.25) is 0 Å². The lowest BCUT2D eigenvalue weighted by molar-refractivity contribution is 0.0601. The molecule has 1 fully saturated rings. The van der Waals surface area contributed by atoms with E-state index in [1.54, 1.807) is 31.6 Å². The number of nitrogens with one attached hydrogen (secondary N) is 1. The molecule has 0 saturated heterocycles. The number of carbonyl (C=O) groups is 1. The first-order valence-electron chi connectivity index (χ1n) is 5.79. The Balaban J connectivity index is 2.15. The van der Waals surface area contributed by atoms with Gasteiger partial charge in [-0.3, -0.25) is 4.99 Å². The molecule has 0 amide bonds. The third kappa shape index (κ3) is 3.00. The van der Waals surface area contributed by atoms with Crippen LogP contribution in [-0.2, 0) is 4.74 Å². The average Bonchev–Trinajstić information content (AvgIpc) is 3.22. The fourth-order valence-corrected chi connectivity index (χ4v) is 1.50. The number of benzene rings is 1. The van der Waals surface area contributed by atoms with Gasteiger partial charge >= 0.3 is 5.97 Å². The molecule has 0 spiro atoms. The standard InChI is InChI=1S/C13H16N2O3/c1-17-12-6-3-9(13(16)18-2)7-11(12)15-8-14-10-4-5-10/h3,6-8,10H,4-5H2,1-2H3,(H,14,15). The summed E-state index contributed by atoms with van der Waals surface area (Å²) in [5, 5.41) is 3.03. The first kappa shape index (κ1) is 12.4. The third-order valence-corrected chi connectivity index (χ3v) is 2.67. The molecule has 1 N–H and O–H groups in total. The minimum Gasteiger partial charge on any atom is -0.495 e. The van der Waals surface area contributed by atoms with Crippen LogP contribution in [0.4, 0.5) is 5.69 Å². The van der Waals surface area contributed by atoms with Crippen LogP contribution in [0.2, 0.25) is 0 Å². The Bertz CT molecular complexity index is 467. The molecular formula is C13H16N2O3. The maximum absolute atomic E-state index is 11.4. The maximum atomic E-state index is 11.4. The first-order chi connectivity index (χ1) is 8.74. The van der Waals surface area contributed by atoms with Gasteiger partial charge in [-0.1, -0.05) is 0 Å². The van der Waals surface area contributed by atoms with Crippen molar-refractivity contribution in [3.63, 3.8) is 0 Å². The molecule has 0 heterocycles. The highest BCUT2D eigenvalue weighted by Gasteiger charge is 2.18. The smallest absolute Gasteiger partial charge is 0.337 e. The predicted molar refractivity (Wildman–Crippen MR) is 69.5 cm³/mol. The van der Waals surface area contributed by atoms with E-state index < -0.39 is 0 Å². The summed E-state index contributed by atoms with van der Waals surface area (Å²) in [6, 6.07) is 5.52. The van der Waals surface area contributed by atoms with Crippen molar-refractivity contribution in [3.05, 3.63) is 23.8 Å². The van der Waals surface area contributed by atoms with E-state index in [1.807, 2.05) is 0 Å². The molecule has 2 rings (SSSR count). The van der Waals surface area contributed by atoms with Crippen LogP contribution in [0.15, 0.2) is 23.2 Å². The molecule has 0 atom stereocenters. The normalized spacial score (nSPS) is 14.6. The molecule has 0 aromatic heterocycles. The quantitative estimate of drug-likeness (QED) is 0.492. The molecule has 0 aliphatic heterocycles. The number of ether oxygens (including phenoxy) is 2. The highest BCUT2D eigenvalue weighted by molar-refractivity contribution is 5.92. The average molecular weight is 248 g/mol. The number of hydrogen-bond acceptors (Lipinski definition) is 4. The largest absolute Gasteiger partial charge is 0.495 e. The van der Waals surface area contributed by atoms with Crippen LogP contribution in [0.25, 0.3) is 0 Å². The van der Waals surface area contributed by atoms with Crippen molar-refractivity contribution in [2.24, 2.45) is 4.99 Å². The van der Waals surface area contributed by atoms with E-state index in [1.165, 1.54) is 7.11 Å².